The standard InChI is InChI=1S/C19H26N.4C18H24N/c1-13(2)16-11-18(14(3)4)19(20(6)12-16)17-10-8-7-9-15(17)5;2*1-13(2)10-16-12-19(5)18(11-15(16)4)17-9-7-6-8-14(17)3;2*1-6-15-11-18(16-10-8-7-9-14(16)4)19(5)12-17(15)13(2)3/h7-14H,1-6H3;2*6-9,11-13H,10H2,1-5H3;2*7-13H,6H2,1-5H3/q5*+1/i1D3,3D3,13D,14D;10D2;;2D3,6D2,13D;2D3,13D. The van der Waals surface area contributed by atoms with E-state index in [1.165, 1.54) is 85.3 Å². The minimum absolute atomic E-state index is 0.0551. The average Bonchev–Trinajstić information content (AvgIpc) is 0.749. The van der Waals surface area contributed by atoms with E-state index in [0.717, 1.165) is 68.0 Å². The van der Waals surface area contributed by atoms with Gasteiger partial charge in [-0.2, -0.15) is 0 Å². The molecule has 0 N–H and O–H groups in total. The number of hydrogen-bond donors (Lipinski definition) is 0. The zero-order valence-electron chi connectivity index (χ0n) is 81.6. The van der Waals surface area contributed by atoms with Crippen LogP contribution < -0.4 is 22.8 Å². The molecule has 0 aliphatic rings. The number of aromatic nitrogens is 5. The molecule has 5 aromatic carbocycles. The molecule has 506 valence electrons. The van der Waals surface area contributed by atoms with Crippen LogP contribution in [-0.4, -0.2) is 0 Å². The molecule has 10 rings (SSSR count). The maximum Gasteiger partial charge on any atom is 0.216 e. The maximum absolute atomic E-state index is 8.66. The molecule has 4 unspecified atom stereocenters. The summed E-state index contributed by atoms with van der Waals surface area (Å²) < 4.78 is 170. The summed E-state index contributed by atoms with van der Waals surface area (Å²) in [6.45, 7) is 21.4. The molecule has 0 spiro atoms. The first kappa shape index (κ1) is 52.0. The molecule has 5 heterocycles. The van der Waals surface area contributed by atoms with Crippen LogP contribution in [0, 0.1) is 60.3 Å². The Bertz CT molecular complexity index is 5090. The van der Waals surface area contributed by atoms with E-state index >= 15 is 0 Å². The van der Waals surface area contributed by atoms with Crippen LogP contribution in [0.5, 0.6) is 0 Å². The lowest BCUT2D eigenvalue weighted by atomic mass is 9.91. The number of nitrogens with zero attached hydrogens (tertiary/aromatic N) is 5. The lowest BCUT2D eigenvalue weighted by Gasteiger charge is -2.15. The molecule has 96 heavy (non-hydrogen) atoms. The van der Waals surface area contributed by atoms with Crippen LogP contribution in [-0.2, 0) is 60.8 Å². The summed E-state index contributed by atoms with van der Waals surface area (Å²) in [6, 6.07) is 49.7. The Labute approximate surface area is 611 Å². The van der Waals surface area contributed by atoms with Gasteiger partial charge < -0.3 is 0 Å². The third kappa shape index (κ3) is 20.2. The Morgan fingerprint density at radius 2 is 0.688 bits per heavy atom. The van der Waals surface area contributed by atoms with Gasteiger partial charge in [-0.25, -0.2) is 22.8 Å². The van der Waals surface area contributed by atoms with E-state index < -0.39 is 63.7 Å². The lowest BCUT2D eigenvalue weighted by Crippen LogP contribution is -2.33. The van der Waals surface area contributed by atoms with Crippen molar-refractivity contribution in [3.8, 4) is 56.3 Å². The first-order chi connectivity index (χ1) is 53.1. The topological polar surface area (TPSA) is 19.4 Å². The summed E-state index contributed by atoms with van der Waals surface area (Å²) in [4.78, 5) is 0. The highest BCUT2D eigenvalue weighted by atomic mass is 14.9. The molecule has 5 heteroatoms. The highest BCUT2D eigenvalue weighted by molar-refractivity contribution is 5.67. The number of benzene rings is 5. The number of hydrogen-bond acceptors (Lipinski definition) is 0. The first-order valence-corrected chi connectivity index (χ1v) is 33.5. The molecule has 0 saturated carbocycles. The fraction of sp³-hybridized carbons (Fsp3) is 0.396. The minimum Gasteiger partial charge on any atom is -0.201 e. The van der Waals surface area contributed by atoms with Gasteiger partial charge in [-0.3, -0.25) is 0 Å². The van der Waals surface area contributed by atoms with Crippen LogP contribution >= 0.6 is 0 Å². The van der Waals surface area contributed by atoms with Crippen molar-refractivity contribution in [1.29, 1.82) is 0 Å². The molecule has 0 amide bonds. The molecule has 5 nitrogen and oxygen atoms in total. The van der Waals surface area contributed by atoms with Crippen LogP contribution in [0.4, 0.5) is 0 Å². The fourth-order valence-corrected chi connectivity index (χ4v) is 12.0. The molecule has 0 aliphatic carbocycles. The van der Waals surface area contributed by atoms with Crippen molar-refractivity contribution >= 4 is 0 Å². The lowest BCUT2D eigenvalue weighted by molar-refractivity contribution is -0.661. The Hall–Kier alpha value is -8.15. The smallest absolute Gasteiger partial charge is 0.201 e. The van der Waals surface area contributed by atoms with Crippen LogP contribution in [0.3, 0.4) is 0 Å². The molecule has 0 aliphatic heterocycles. The Morgan fingerprint density at radius 3 is 1.06 bits per heavy atom. The molecule has 5 aromatic heterocycles. The van der Waals surface area contributed by atoms with Gasteiger partial charge in [0.25, 0.3) is 0 Å². The van der Waals surface area contributed by atoms with Crippen LogP contribution in [0.1, 0.15) is 231 Å². The quantitative estimate of drug-likeness (QED) is 0.0912. The maximum atomic E-state index is 8.66. The van der Waals surface area contributed by atoms with Crippen LogP contribution in [0.25, 0.3) is 56.3 Å². The van der Waals surface area contributed by atoms with Crippen LogP contribution in [0.2, 0.25) is 0 Å². The van der Waals surface area contributed by atoms with Gasteiger partial charge >= 0.3 is 0 Å². The van der Waals surface area contributed by atoms with E-state index in [0.29, 0.717) is 23.6 Å². The summed E-state index contributed by atoms with van der Waals surface area (Å²) >= 11 is 0. The van der Waals surface area contributed by atoms with E-state index in [1.807, 2.05) is 150 Å². The molecule has 4 atom stereocenters. The summed E-state index contributed by atoms with van der Waals surface area (Å²) in [7, 11) is 9.50. The minimum atomic E-state index is -2.64. The van der Waals surface area contributed by atoms with E-state index in [4.69, 9.17) is 27.4 Å². The van der Waals surface area contributed by atoms with E-state index in [-0.39, 0.29) is 28.2 Å². The highest BCUT2D eigenvalue weighted by Crippen LogP contribution is 2.32. The highest BCUT2D eigenvalue weighted by Gasteiger charge is 2.24. The Kier molecular flexibility index (Phi) is 19.4. The molecule has 0 bridgehead atoms. The predicted molar refractivity (Wildman–Crippen MR) is 411 cm³/mol. The number of rotatable bonds is 15. The summed E-state index contributed by atoms with van der Waals surface area (Å²) in [5, 5.41) is 0. The molecule has 0 saturated heterocycles. The van der Waals surface area contributed by atoms with Crippen molar-refractivity contribution in [2.75, 3.05) is 0 Å². The van der Waals surface area contributed by atoms with Gasteiger partial charge in [0.15, 0.2) is 31.0 Å². The third-order valence-electron chi connectivity index (χ3n) is 17.4. The molecule has 0 fully saturated rings. The molecular weight excluding hydrogens is 1160 g/mol. The van der Waals surface area contributed by atoms with Crippen molar-refractivity contribution in [3.05, 3.63) is 266 Å². The van der Waals surface area contributed by atoms with Gasteiger partial charge in [0.05, 0.1) is 0 Å². The molecular formula is C91H122N5+5. The zero-order chi connectivity index (χ0) is 88.1. The first-order valence-electron chi connectivity index (χ1n) is 43.5. The van der Waals surface area contributed by atoms with Gasteiger partial charge in [0, 0.05) is 113 Å². The predicted octanol–water partition coefficient (Wildman–Crippen LogP) is 21.1. The average molecular weight is 1310 g/mol. The molecule has 0 radical (unpaired) electrons. The number of pyridine rings is 5. The van der Waals surface area contributed by atoms with Crippen molar-refractivity contribution in [3.63, 3.8) is 0 Å². The second kappa shape index (κ2) is 35.7. The fourth-order valence-electron chi connectivity index (χ4n) is 12.0. The van der Waals surface area contributed by atoms with Gasteiger partial charge in [-0.05, 0) is 196 Å². The molecule has 10 aromatic rings. The third-order valence-corrected chi connectivity index (χ3v) is 17.4. The van der Waals surface area contributed by atoms with E-state index in [2.05, 4.69) is 120 Å². The van der Waals surface area contributed by atoms with Crippen LogP contribution in [0.15, 0.2) is 183 Å². The van der Waals surface area contributed by atoms with Gasteiger partial charge in [0.1, 0.15) is 35.2 Å². The summed E-state index contributed by atoms with van der Waals surface area (Å²) in [6.07, 6.45) is 7.92. The zero-order valence-corrected chi connectivity index (χ0v) is 61.6. The van der Waals surface area contributed by atoms with Crippen molar-refractivity contribution < 1.29 is 50.3 Å². The number of aryl methyl sites for hydroxylation is 14. The van der Waals surface area contributed by atoms with E-state index in [1.54, 1.807) is 47.9 Å². The summed E-state index contributed by atoms with van der Waals surface area (Å²) in [5.41, 5.74) is 22.6. The Morgan fingerprint density at radius 1 is 0.344 bits per heavy atom. The van der Waals surface area contributed by atoms with Gasteiger partial charge in [0.2, 0.25) is 28.5 Å². The second-order valence-corrected chi connectivity index (χ2v) is 26.3. The largest absolute Gasteiger partial charge is 0.216 e. The monoisotopic (exact) mass is 1310 g/mol. The van der Waals surface area contributed by atoms with Gasteiger partial charge in [-0.1, -0.05) is 188 Å². The van der Waals surface area contributed by atoms with Crippen molar-refractivity contribution in [1.82, 2.24) is 0 Å². The van der Waals surface area contributed by atoms with Crippen molar-refractivity contribution in [2.24, 2.45) is 47.1 Å². The summed E-state index contributed by atoms with van der Waals surface area (Å²) in [5.74, 6) is -6.84. The normalized spacial score (nSPS) is 17.5. The Balaban J connectivity index is 0.000000227. The SMILES string of the molecule is Cc1cc(-c2ccccc2C)[n+](C)cc1CC(C)C.[2H]C([2H])(C)c1cc(-c2ccccc2C)[n+](C)cc1C([2H])(C)C([2H])([2H])[2H].[2H]C([2H])([2H])C([2H])(C)c1c[n+](C)c(-c2ccccc2C)cc1CC.[2H]C([2H])([2H])C([2H])(C)c1cc(C([2H])(C)C([2H])([2H])[2H])c(-c2ccccc2C)[n+](C)c1.[2H]C([2H])(c1c[n+](C)c(-c2ccccc2C)cc1C)C(C)C. The van der Waals surface area contributed by atoms with Crippen molar-refractivity contribution in [2.45, 2.75) is 194 Å². The van der Waals surface area contributed by atoms with E-state index in [9.17, 15) is 0 Å². The van der Waals surface area contributed by atoms with Gasteiger partial charge in [-0.15, -0.1) is 0 Å². The second-order valence-electron chi connectivity index (χ2n) is 26.3.